The number of ketones is 1. The number of ether oxygens (including phenoxy) is 1. The molecular formula is C23H17NO3S. The van der Waals surface area contributed by atoms with Crippen LogP contribution in [0.15, 0.2) is 72.8 Å². The van der Waals surface area contributed by atoms with Gasteiger partial charge in [0, 0.05) is 11.1 Å². The van der Waals surface area contributed by atoms with Gasteiger partial charge in [-0.3, -0.25) is 4.79 Å². The molecule has 0 amide bonds. The molecule has 4 nitrogen and oxygen atoms in total. The van der Waals surface area contributed by atoms with Gasteiger partial charge in [0.15, 0.2) is 12.4 Å². The van der Waals surface area contributed by atoms with Crippen molar-refractivity contribution in [1.82, 2.24) is 4.98 Å². The number of hydrogen-bond donors (Lipinski definition) is 0. The molecule has 4 rings (SSSR count). The molecule has 0 atom stereocenters. The molecule has 0 spiro atoms. The van der Waals surface area contributed by atoms with E-state index < -0.39 is 5.97 Å². The smallest absolute Gasteiger partial charge is 0.339 e. The van der Waals surface area contributed by atoms with Crippen molar-refractivity contribution in [2.24, 2.45) is 0 Å². The Kier molecular flexibility index (Phi) is 5.00. The SMILES string of the molecule is Cc1ccc(C(=O)COC(=O)c2ccccc2-c2nc3ccccc3s2)cc1. The number of aryl methyl sites for hydroxylation is 1. The first kappa shape index (κ1) is 18.1. The number of esters is 1. The molecule has 0 N–H and O–H groups in total. The minimum atomic E-state index is -0.532. The van der Waals surface area contributed by atoms with Gasteiger partial charge in [-0.05, 0) is 25.1 Å². The first-order valence-corrected chi connectivity index (χ1v) is 9.65. The molecule has 0 aliphatic heterocycles. The van der Waals surface area contributed by atoms with E-state index in [0.717, 1.165) is 20.8 Å². The highest BCUT2D eigenvalue weighted by atomic mass is 32.1. The normalized spacial score (nSPS) is 10.8. The Balaban J connectivity index is 1.55. The van der Waals surface area contributed by atoms with E-state index >= 15 is 0 Å². The van der Waals surface area contributed by atoms with E-state index in [4.69, 9.17) is 4.74 Å². The van der Waals surface area contributed by atoms with Crippen LogP contribution in [-0.2, 0) is 4.74 Å². The average Bonchev–Trinajstić information content (AvgIpc) is 3.16. The molecule has 4 aromatic rings. The lowest BCUT2D eigenvalue weighted by molar-refractivity contribution is 0.0475. The number of rotatable bonds is 5. The van der Waals surface area contributed by atoms with Crippen LogP contribution in [0.25, 0.3) is 20.8 Å². The summed E-state index contributed by atoms with van der Waals surface area (Å²) in [6.45, 7) is 1.66. The molecule has 138 valence electrons. The molecule has 3 aromatic carbocycles. The predicted molar refractivity (Wildman–Crippen MR) is 111 cm³/mol. The maximum absolute atomic E-state index is 12.6. The third kappa shape index (κ3) is 3.70. The summed E-state index contributed by atoms with van der Waals surface area (Å²) in [5.74, 6) is -0.763. The Hall–Kier alpha value is -3.31. The zero-order valence-electron chi connectivity index (χ0n) is 15.2. The minimum absolute atomic E-state index is 0.231. The summed E-state index contributed by atoms with van der Waals surface area (Å²) in [5.41, 5.74) is 3.59. The van der Waals surface area contributed by atoms with E-state index in [-0.39, 0.29) is 12.4 Å². The van der Waals surface area contributed by atoms with E-state index in [2.05, 4.69) is 4.98 Å². The number of benzene rings is 3. The maximum Gasteiger partial charge on any atom is 0.339 e. The number of hydrogen-bond acceptors (Lipinski definition) is 5. The largest absolute Gasteiger partial charge is 0.454 e. The van der Waals surface area contributed by atoms with Crippen LogP contribution in [0, 0.1) is 6.92 Å². The Labute approximate surface area is 166 Å². The molecule has 1 aromatic heterocycles. The third-order valence-electron chi connectivity index (χ3n) is 4.38. The van der Waals surface area contributed by atoms with Crippen molar-refractivity contribution in [3.05, 3.63) is 89.5 Å². The highest BCUT2D eigenvalue weighted by Gasteiger charge is 2.18. The van der Waals surface area contributed by atoms with E-state index in [1.807, 2.05) is 55.5 Å². The van der Waals surface area contributed by atoms with Crippen LogP contribution in [0.4, 0.5) is 0 Å². The molecule has 0 saturated carbocycles. The Morgan fingerprint density at radius 3 is 2.43 bits per heavy atom. The van der Waals surface area contributed by atoms with Gasteiger partial charge in [-0.1, -0.05) is 60.2 Å². The van der Waals surface area contributed by atoms with Gasteiger partial charge in [0.05, 0.1) is 15.8 Å². The van der Waals surface area contributed by atoms with E-state index in [0.29, 0.717) is 16.7 Å². The van der Waals surface area contributed by atoms with Crippen LogP contribution >= 0.6 is 11.3 Å². The number of Topliss-reactive ketones (excluding diaryl/α,β-unsaturated/α-hetero) is 1. The topological polar surface area (TPSA) is 56.3 Å². The molecule has 0 bridgehead atoms. The number of carbonyl (C=O) groups excluding carboxylic acids is 2. The standard InChI is InChI=1S/C23H17NO3S/c1-15-10-12-16(13-11-15)20(25)14-27-23(26)18-7-3-2-6-17(18)22-24-19-8-4-5-9-21(19)28-22/h2-13H,14H2,1H3. The van der Waals surface area contributed by atoms with Gasteiger partial charge in [0.2, 0.25) is 0 Å². The van der Waals surface area contributed by atoms with Crippen molar-refractivity contribution in [2.75, 3.05) is 6.61 Å². The highest BCUT2D eigenvalue weighted by Crippen LogP contribution is 2.32. The van der Waals surface area contributed by atoms with Crippen LogP contribution in [0.3, 0.4) is 0 Å². The molecule has 0 saturated heterocycles. The second-order valence-electron chi connectivity index (χ2n) is 6.40. The van der Waals surface area contributed by atoms with Crippen molar-refractivity contribution in [3.63, 3.8) is 0 Å². The Bertz CT molecular complexity index is 1130. The molecule has 1 heterocycles. The van der Waals surface area contributed by atoms with Crippen molar-refractivity contribution in [2.45, 2.75) is 6.92 Å². The summed E-state index contributed by atoms with van der Waals surface area (Å²) in [6, 6.07) is 22.2. The zero-order chi connectivity index (χ0) is 19.5. The fourth-order valence-corrected chi connectivity index (χ4v) is 3.87. The van der Waals surface area contributed by atoms with Crippen LogP contribution in [0.5, 0.6) is 0 Å². The quantitative estimate of drug-likeness (QED) is 0.344. The van der Waals surface area contributed by atoms with Gasteiger partial charge in [0.1, 0.15) is 5.01 Å². The fourth-order valence-electron chi connectivity index (χ4n) is 2.87. The van der Waals surface area contributed by atoms with Gasteiger partial charge in [-0.25, -0.2) is 9.78 Å². The number of thiazole rings is 1. The summed E-state index contributed by atoms with van der Waals surface area (Å²) < 4.78 is 6.35. The van der Waals surface area contributed by atoms with Crippen molar-refractivity contribution >= 4 is 33.3 Å². The maximum atomic E-state index is 12.6. The summed E-state index contributed by atoms with van der Waals surface area (Å²) in [6.07, 6.45) is 0. The lowest BCUT2D eigenvalue weighted by atomic mass is 10.1. The number of fused-ring (bicyclic) bond motifs is 1. The average molecular weight is 387 g/mol. The Morgan fingerprint density at radius 1 is 0.929 bits per heavy atom. The summed E-state index contributed by atoms with van der Waals surface area (Å²) in [4.78, 5) is 29.5. The van der Waals surface area contributed by atoms with Gasteiger partial charge in [-0.2, -0.15) is 0 Å². The Morgan fingerprint density at radius 2 is 1.64 bits per heavy atom. The zero-order valence-corrected chi connectivity index (χ0v) is 16.0. The van der Waals surface area contributed by atoms with Gasteiger partial charge in [0.25, 0.3) is 0 Å². The lowest BCUT2D eigenvalue weighted by Gasteiger charge is -2.08. The molecule has 0 aliphatic carbocycles. The van der Waals surface area contributed by atoms with Gasteiger partial charge in [-0.15, -0.1) is 11.3 Å². The lowest BCUT2D eigenvalue weighted by Crippen LogP contribution is -2.15. The number of carbonyl (C=O) groups is 2. The monoisotopic (exact) mass is 387 g/mol. The first-order valence-electron chi connectivity index (χ1n) is 8.84. The minimum Gasteiger partial charge on any atom is -0.454 e. The second kappa shape index (κ2) is 7.74. The van der Waals surface area contributed by atoms with Crippen LogP contribution in [0.2, 0.25) is 0 Å². The predicted octanol–water partition coefficient (Wildman–Crippen LogP) is 5.31. The molecule has 28 heavy (non-hydrogen) atoms. The van der Waals surface area contributed by atoms with Crippen LogP contribution in [-0.4, -0.2) is 23.3 Å². The van der Waals surface area contributed by atoms with E-state index in [1.165, 1.54) is 11.3 Å². The van der Waals surface area contributed by atoms with E-state index in [1.54, 1.807) is 24.3 Å². The number of nitrogens with zero attached hydrogens (tertiary/aromatic N) is 1. The van der Waals surface area contributed by atoms with E-state index in [9.17, 15) is 9.59 Å². The molecule has 0 unspecified atom stereocenters. The van der Waals surface area contributed by atoms with Crippen molar-refractivity contribution in [3.8, 4) is 10.6 Å². The molecule has 0 aliphatic rings. The molecule has 0 radical (unpaired) electrons. The first-order chi connectivity index (χ1) is 13.6. The highest BCUT2D eigenvalue weighted by molar-refractivity contribution is 7.21. The van der Waals surface area contributed by atoms with Gasteiger partial charge < -0.3 is 4.74 Å². The number of para-hydroxylation sites is 1. The summed E-state index contributed by atoms with van der Waals surface area (Å²) in [7, 11) is 0. The van der Waals surface area contributed by atoms with Crippen LogP contribution in [0.1, 0.15) is 26.3 Å². The van der Waals surface area contributed by atoms with Gasteiger partial charge >= 0.3 is 5.97 Å². The summed E-state index contributed by atoms with van der Waals surface area (Å²) >= 11 is 1.52. The molecular weight excluding hydrogens is 370 g/mol. The number of aromatic nitrogens is 1. The molecule has 5 heteroatoms. The second-order valence-corrected chi connectivity index (χ2v) is 7.43. The molecule has 0 fully saturated rings. The third-order valence-corrected chi connectivity index (χ3v) is 5.45. The summed E-state index contributed by atoms with van der Waals surface area (Å²) in [5, 5.41) is 0.749. The fraction of sp³-hybridized carbons (Fsp3) is 0.0870. The van der Waals surface area contributed by atoms with Crippen molar-refractivity contribution in [1.29, 1.82) is 0 Å². The van der Waals surface area contributed by atoms with Crippen LogP contribution < -0.4 is 0 Å². The van der Waals surface area contributed by atoms with Crippen molar-refractivity contribution < 1.29 is 14.3 Å².